The maximum atomic E-state index is 6.30. The van der Waals surface area contributed by atoms with Crippen LogP contribution in [-0.2, 0) is 6.42 Å². The summed E-state index contributed by atoms with van der Waals surface area (Å²) >= 11 is 9.94. The Morgan fingerprint density at radius 1 is 1.12 bits per heavy atom. The quantitative estimate of drug-likeness (QED) is 0.491. The van der Waals surface area contributed by atoms with Crippen LogP contribution in [0, 0.1) is 13.8 Å². The van der Waals surface area contributed by atoms with Crippen LogP contribution in [-0.4, -0.2) is 11.5 Å². The second-order valence-electron chi connectivity index (χ2n) is 6.35. The van der Waals surface area contributed by atoms with Crippen molar-refractivity contribution in [1.82, 2.24) is 4.98 Å². The number of aromatic nitrogens is 1. The molecule has 0 fully saturated rings. The molecular formula is C20H22BrClN2. The largest absolute Gasteiger partial charge is 0.353 e. The molecule has 0 aliphatic heterocycles. The molecule has 0 saturated carbocycles. The van der Waals surface area contributed by atoms with Gasteiger partial charge in [0.15, 0.2) is 0 Å². The van der Waals surface area contributed by atoms with Crippen molar-refractivity contribution < 1.29 is 0 Å². The van der Waals surface area contributed by atoms with Gasteiger partial charge in [-0.3, -0.25) is 0 Å². The molecule has 1 aromatic heterocycles. The van der Waals surface area contributed by atoms with Crippen molar-refractivity contribution in [2.75, 3.05) is 6.54 Å². The lowest BCUT2D eigenvalue weighted by atomic mass is 9.96. The summed E-state index contributed by atoms with van der Waals surface area (Å²) in [4.78, 5) is 3.63. The number of benzene rings is 2. The molecule has 3 rings (SSSR count). The minimum atomic E-state index is 0.728. The molecular weight excluding hydrogens is 384 g/mol. The Balaban J connectivity index is 2.21. The number of unbranched alkanes of at least 4 members (excludes halogenated alkanes) is 1. The third kappa shape index (κ3) is 3.39. The second-order valence-corrected chi connectivity index (χ2v) is 7.64. The van der Waals surface area contributed by atoms with Crippen molar-refractivity contribution >= 4 is 38.4 Å². The summed E-state index contributed by atoms with van der Waals surface area (Å²) in [5, 5.41) is 1.95. The van der Waals surface area contributed by atoms with Gasteiger partial charge in [0.1, 0.15) is 0 Å². The molecule has 0 aliphatic rings. The first-order valence-corrected chi connectivity index (χ1v) is 9.45. The van der Waals surface area contributed by atoms with Crippen molar-refractivity contribution in [2.45, 2.75) is 33.1 Å². The van der Waals surface area contributed by atoms with E-state index in [1.807, 2.05) is 6.07 Å². The Kier molecular flexibility index (Phi) is 5.33. The molecule has 2 aromatic carbocycles. The van der Waals surface area contributed by atoms with Crippen molar-refractivity contribution in [3.8, 4) is 11.3 Å². The minimum absolute atomic E-state index is 0.728. The predicted molar refractivity (Wildman–Crippen MR) is 108 cm³/mol. The summed E-state index contributed by atoms with van der Waals surface area (Å²) < 4.78 is 1.00. The van der Waals surface area contributed by atoms with Crippen LogP contribution in [0.15, 0.2) is 34.8 Å². The zero-order valence-electron chi connectivity index (χ0n) is 14.0. The summed E-state index contributed by atoms with van der Waals surface area (Å²) in [6.07, 6.45) is 3.10. The smallest absolute Gasteiger partial charge is 0.0607 e. The monoisotopic (exact) mass is 404 g/mol. The maximum absolute atomic E-state index is 6.30. The molecule has 0 bridgehead atoms. The van der Waals surface area contributed by atoms with Gasteiger partial charge < -0.3 is 10.7 Å². The number of aromatic amines is 1. The summed E-state index contributed by atoms with van der Waals surface area (Å²) in [5.74, 6) is 0. The maximum Gasteiger partial charge on any atom is 0.0607 e. The molecule has 0 atom stereocenters. The van der Waals surface area contributed by atoms with E-state index in [9.17, 15) is 0 Å². The van der Waals surface area contributed by atoms with E-state index in [1.54, 1.807) is 0 Å². The number of H-pyrrole nitrogens is 1. The van der Waals surface area contributed by atoms with Crippen molar-refractivity contribution in [3.63, 3.8) is 0 Å². The number of aryl methyl sites for hydroxylation is 3. The molecule has 0 spiro atoms. The van der Waals surface area contributed by atoms with Gasteiger partial charge in [-0.05, 0) is 78.8 Å². The fourth-order valence-corrected chi connectivity index (χ4v) is 4.21. The lowest BCUT2D eigenvalue weighted by molar-refractivity contribution is 0.748. The molecule has 0 radical (unpaired) electrons. The molecule has 3 N–H and O–H groups in total. The number of nitrogens with one attached hydrogen (secondary N) is 1. The lowest BCUT2D eigenvalue weighted by Crippen LogP contribution is -1.99. The topological polar surface area (TPSA) is 41.8 Å². The highest BCUT2D eigenvalue weighted by atomic mass is 79.9. The molecule has 0 unspecified atom stereocenters. The molecule has 0 amide bonds. The fraction of sp³-hybridized carbons (Fsp3) is 0.300. The van der Waals surface area contributed by atoms with Gasteiger partial charge in [0.05, 0.1) is 5.52 Å². The summed E-state index contributed by atoms with van der Waals surface area (Å²) in [5.41, 5.74) is 13.1. The average molecular weight is 406 g/mol. The molecule has 2 nitrogen and oxygen atoms in total. The van der Waals surface area contributed by atoms with Crippen LogP contribution < -0.4 is 5.73 Å². The van der Waals surface area contributed by atoms with Crippen LogP contribution in [0.5, 0.6) is 0 Å². The molecule has 0 aliphatic carbocycles. The summed E-state index contributed by atoms with van der Waals surface area (Å²) in [6, 6.07) is 10.6. The molecule has 3 aromatic rings. The lowest BCUT2D eigenvalue weighted by Gasteiger charge is -2.09. The Morgan fingerprint density at radius 3 is 2.62 bits per heavy atom. The van der Waals surface area contributed by atoms with Crippen LogP contribution in [0.3, 0.4) is 0 Å². The number of halogens is 2. The van der Waals surface area contributed by atoms with Gasteiger partial charge >= 0.3 is 0 Å². The van der Waals surface area contributed by atoms with E-state index < -0.39 is 0 Å². The van der Waals surface area contributed by atoms with Gasteiger partial charge in [-0.15, -0.1) is 0 Å². The Labute approximate surface area is 156 Å². The van der Waals surface area contributed by atoms with Crippen LogP contribution in [0.25, 0.3) is 22.2 Å². The van der Waals surface area contributed by atoms with Gasteiger partial charge in [0, 0.05) is 26.1 Å². The first kappa shape index (κ1) is 17.5. The minimum Gasteiger partial charge on any atom is -0.353 e. The first-order chi connectivity index (χ1) is 11.5. The van der Waals surface area contributed by atoms with E-state index in [0.29, 0.717) is 0 Å². The van der Waals surface area contributed by atoms with E-state index >= 15 is 0 Å². The van der Waals surface area contributed by atoms with Gasteiger partial charge in [-0.25, -0.2) is 0 Å². The van der Waals surface area contributed by atoms with Crippen molar-refractivity contribution in [1.29, 1.82) is 0 Å². The predicted octanol–water partition coefficient (Wildman–Crippen LogP) is 6.15. The highest BCUT2D eigenvalue weighted by Gasteiger charge is 2.16. The van der Waals surface area contributed by atoms with E-state index in [-0.39, 0.29) is 0 Å². The van der Waals surface area contributed by atoms with Crippen LogP contribution in [0.1, 0.15) is 29.5 Å². The highest BCUT2D eigenvalue weighted by Crippen LogP contribution is 2.38. The SMILES string of the molecule is Cc1ccc(-c2[nH]c3c(Br)cc(Cl)cc3c2CCCCN)c(C)c1. The molecule has 126 valence electrons. The van der Waals surface area contributed by atoms with Crippen molar-refractivity contribution in [2.24, 2.45) is 5.73 Å². The Hall–Kier alpha value is -1.29. The molecule has 0 saturated heterocycles. The number of nitrogens with two attached hydrogens (primary N) is 1. The zero-order valence-corrected chi connectivity index (χ0v) is 16.4. The number of hydrogen-bond donors (Lipinski definition) is 2. The van der Waals surface area contributed by atoms with E-state index in [2.05, 4.69) is 59.0 Å². The highest BCUT2D eigenvalue weighted by molar-refractivity contribution is 9.10. The van der Waals surface area contributed by atoms with Crippen LogP contribution >= 0.6 is 27.5 Å². The Morgan fingerprint density at radius 2 is 1.92 bits per heavy atom. The third-order valence-electron chi connectivity index (χ3n) is 4.46. The van der Waals surface area contributed by atoms with Crippen molar-refractivity contribution in [3.05, 3.63) is 56.5 Å². The van der Waals surface area contributed by atoms with Crippen LogP contribution in [0.2, 0.25) is 5.02 Å². The van der Waals surface area contributed by atoms with Crippen LogP contribution in [0.4, 0.5) is 0 Å². The van der Waals surface area contributed by atoms with Gasteiger partial charge in [-0.1, -0.05) is 35.4 Å². The fourth-order valence-electron chi connectivity index (χ4n) is 3.30. The number of rotatable bonds is 5. The van der Waals surface area contributed by atoms with Gasteiger partial charge in [-0.2, -0.15) is 0 Å². The summed E-state index contributed by atoms with van der Waals surface area (Å²) in [6.45, 7) is 5.02. The van der Waals surface area contributed by atoms with E-state index in [0.717, 1.165) is 40.8 Å². The molecule has 4 heteroatoms. The second kappa shape index (κ2) is 7.30. The first-order valence-electron chi connectivity index (χ1n) is 8.28. The summed E-state index contributed by atoms with van der Waals surface area (Å²) in [7, 11) is 0. The zero-order chi connectivity index (χ0) is 17.3. The Bertz CT molecular complexity index is 883. The normalized spacial score (nSPS) is 11.4. The standard InChI is InChI=1S/C20H22BrClN2/c1-12-6-7-15(13(2)9-12)19-16(5-3-4-8-23)17-10-14(22)11-18(21)20(17)24-19/h6-7,9-11,24H,3-5,8,23H2,1-2H3. The molecule has 24 heavy (non-hydrogen) atoms. The molecule has 1 heterocycles. The van der Waals surface area contributed by atoms with Gasteiger partial charge in [0.2, 0.25) is 0 Å². The van der Waals surface area contributed by atoms with Gasteiger partial charge in [0.25, 0.3) is 0 Å². The van der Waals surface area contributed by atoms with E-state index in [1.165, 1.54) is 33.3 Å². The number of fused-ring (bicyclic) bond motifs is 1. The third-order valence-corrected chi connectivity index (χ3v) is 5.31. The van der Waals surface area contributed by atoms with E-state index in [4.69, 9.17) is 17.3 Å². The average Bonchev–Trinajstić information content (AvgIpc) is 2.86. The number of hydrogen-bond acceptors (Lipinski definition) is 1.